The number of ether oxygens (including phenoxy) is 1. The maximum Gasteiger partial charge on any atom is 0.119 e. The molecule has 0 aliphatic heterocycles. The van der Waals surface area contributed by atoms with Gasteiger partial charge in [-0.2, -0.15) is 5.26 Å². The molecule has 0 fully saturated rings. The highest BCUT2D eigenvalue weighted by atomic mass is 16.5. The Morgan fingerprint density at radius 1 is 1.05 bits per heavy atom. The van der Waals surface area contributed by atoms with Crippen LogP contribution in [0.5, 0.6) is 5.75 Å². The lowest BCUT2D eigenvalue weighted by Crippen LogP contribution is -1.96. The van der Waals surface area contributed by atoms with E-state index < -0.39 is 0 Å². The van der Waals surface area contributed by atoms with E-state index in [0.717, 1.165) is 16.9 Å². The van der Waals surface area contributed by atoms with E-state index in [-0.39, 0.29) is 6.61 Å². The van der Waals surface area contributed by atoms with Crippen molar-refractivity contribution < 1.29 is 9.84 Å². The largest absolute Gasteiger partial charge is 0.489 e. The highest BCUT2D eigenvalue weighted by Crippen LogP contribution is 2.15. The van der Waals surface area contributed by atoms with Crippen molar-refractivity contribution in [2.45, 2.75) is 13.0 Å². The van der Waals surface area contributed by atoms with Crippen LogP contribution in [0.1, 0.15) is 16.7 Å². The second-order valence-corrected chi connectivity index (χ2v) is 4.22. The van der Waals surface area contributed by atoms with Crippen LogP contribution >= 0.6 is 0 Å². The van der Waals surface area contributed by atoms with Gasteiger partial charge >= 0.3 is 0 Å². The van der Waals surface area contributed by atoms with Crippen LogP contribution in [0.2, 0.25) is 0 Å². The molecule has 0 bridgehead atoms. The number of rotatable bonds is 5. The number of benzene rings is 2. The lowest BCUT2D eigenvalue weighted by molar-refractivity contribution is 0.298. The topological polar surface area (TPSA) is 53.2 Å². The number of aliphatic hydroxyl groups is 1. The summed E-state index contributed by atoms with van der Waals surface area (Å²) in [5.74, 6) is 0.782. The number of aliphatic hydroxyl groups excluding tert-OH is 1. The quantitative estimate of drug-likeness (QED) is 0.891. The summed E-state index contributed by atoms with van der Waals surface area (Å²) in [6, 6.07) is 17.1. The Hall–Kier alpha value is -2.31. The smallest absolute Gasteiger partial charge is 0.119 e. The number of nitrogens with zero attached hydrogens (tertiary/aromatic N) is 1. The molecule has 0 unspecified atom stereocenters. The maximum absolute atomic E-state index is 8.83. The van der Waals surface area contributed by atoms with Gasteiger partial charge in [0.15, 0.2) is 0 Å². The molecule has 2 aromatic carbocycles. The Bertz CT molecular complexity index is 570. The van der Waals surface area contributed by atoms with Crippen molar-refractivity contribution >= 4 is 0 Å². The van der Waals surface area contributed by atoms with Gasteiger partial charge in [0.1, 0.15) is 12.4 Å². The molecule has 0 aliphatic carbocycles. The van der Waals surface area contributed by atoms with Gasteiger partial charge in [0, 0.05) is 6.61 Å². The first kappa shape index (κ1) is 13.1. The Morgan fingerprint density at radius 2 is 1.84 bits per heavy atom. The maximum atomic E-state index is 8.83. The van der Waals surface area contributed by atoms with E-state index in [9.17, 15) is 0 Å². The Morgan fingerprint density at radius 3 is 2.53 bits per heavy atom. The van der Waals surface area contributed by atoms with Gasteiger partial charge in [-0.15, -0.1) is 0 Å². The molecule has 2 rings (SSSR count). The van der Waals surface area contributed by atoms with Gasteiger partial charge in [0.25, 0.3) is 0 Å². The second kappa shape index (κ2) is 6.58. The molecular formula is C16H15NO2. The van der Waals surface area contributed by atoms with Gasteiger partial charge in [-0.25, -0.2) is 0 Å². The Balaban J connectivity index is 1.96. The third kappa shape index (κ3) is 3.84. The van der Waals surface area contributed by atoms with Gasteiger partial charge in [-0.3, -0.25) is 0 Å². The highest BCUT2D eigenvalue weighted by Gasteiger charge is 1.98. The number of hydrogen-bond acceptors (Lipinski definition) is 3. The SMILES string of the molecule is N#Cc1cccc(COc2ccc(CCO)cc2)c1. The molecular weight excluding hydrogens is 238 g/mol. The fourth-order valence-corrected chi connectivity index (χ4v) is 1.78. The van der Waals surface area contributed by atoms with E-state index >= 15 is 0 Å². The molecule has 3 nitrogen and oxygen atoms in total. The zero-order chi connectivity index (χ0) is 13.5. The fourth-order valence-electron chi connectivity index (χ4n) is 1.78. The van der Waals surface area contributed by atoms with Crippen LogP contribution in [0, 0.1) is 11.3 Å². The van der Waals surface area contributed by atoms with Crippen LogP contribution in [0.4, 0.5) is 0 Å². The summed E-state index contributed by atoms with van der Waals surface area (Å²) in [5, 5.41) is 17.6. The van der Waals surface area contributed by atoms with Crippen LogP contribution in [0.25, 0.3) is 0 Å². The highest BCUT2D eigenvalue weighted by molar-refractivity contribution is 5.33. The Kier molecular flexibility index (Phi) is 4.54. The molecule has 0 amide bonds. The van der Waals surface area contributed by atoms with Crippen molar-refractivity contribution in [3.63, 3.8) is 0 Å². The minimum atomic E-state index is 0.154. The minimum Gasteiger partial charge on any atom is -0.489 e. The zero-order valence-corrected chi connectivity index (χ0v) is 10.5. The summed E-state index contributed by atoms with van der Waals surface area (Å²) in [6.07, 6.45) is 0.657. The lowest BCUT2D eigenvalue weighted by Gasteiger charge is -2.07. The summed E-state index contributed by atoms with van der Waals surface area (Å²) in [5.41, 5.74) is 2.69. The van der Waals surface area contributed by atoms with Crippen LogP contribution in [-0.4, -0.2) is 11.7 Å². The average Bonchev–Trinajstić information content (AvgIpc) is 2.47. The van der Waals surface area contributed by atoms with E-state index in [2.05, 4.69) is 6.07 Å². The average molecular weight is 253 g/mol. The van der Waals surface area contributed by atoms with Crippen LogP contribution in [-0.2, 0) is 13.0 Å². The summed E-state index contributed by atoms with van der Waals surface area (Å²) >= 11 is 0. The van der Waals surface area contributed by atoms with E-state index in [1.54, 1.807) is 6.07 Å². The molecule has 96 valence electrons. The molecule has 0 aliphatic rings. The predicted octanol–water partition coefficient (Wildman–Crippen LogP) is 2.67. The fraction of sp³-hybridized carbons (Fsp3) is 0.188. The van der Waals surface area contributed by atoms with Crippen molar-refractivity contribution in [2.24, 2.45) is 0 Å². The summed E-state index contributed by atoms with van der Waals surface area (Å²) in [4.78, 5) is 0. The molecule has 2 aromatic rings. The van der Waals surface area contributed by atoms with Crippen LogP contribution < -0.4 is 4.74 Å². The summed E-state index contributed by atoms with van der Waals surface area (Å²) < 4.78 is 5.65. The molecule has 0 spiro atoms. The molecule has 0 saturated heterocycles. The van der Waals surface area contributed by atoms with E-state index in [4.69, 9.17) is 15.1 Å². The van der Waals surface area contributed by atoms with Gasteiger partial charge in [-0.1, -0.05) is 24.3 Å². The van der Waals surface area contributed by atoms with Gasteiger partial charge in [0.05, 0.1) is 11.6 Å². The first-order valence-electron chi connectivity index (χ1n) is 6.13. The van der Waals surface area contributed by atoms with Gasteiger partial charge < -0.3 is 9.84 Å². The van der Waals surface area contributed by atoms with E-state index in [1.165, 1.54) is 0 Å². The minimum absolute atomic E-state index is 0.154. The van der Waals surface area contributed by atoms with E-state index in [1.807, 2.05) is 42.5 Å². The van der Waals surface area contributed by atoms with E-state index in [0.29, 0.717) is 18.6 Å². The van der Waals surface area contributed by atoms with Gasteiger partial charge in [0.2, 0.25) is 0 Å². The van der Waals surface area contributed by atoms with Crippen molar-refractivity contribution in [3.8, 4) is 11.8 Å². The molecule has 1 N–H and O–H groups in total. The second-order valence-electron chi connectivity index (χ2n) is 4.22. The monoisotopic (exact) mass is 253 g/mol. The van der Waals surface area contributed by atoms with Crippen LogP contribution in [0.15, 0.2) is 48.5 Å². The van der Waals surface area contributed by atoms with Crippen molar-refractivity contribution in [1.82, 2.24) is 0 Å². The normalized spacial score (nSPS) is 9.89. The third-order valence-corrected chi connectivity index (χ3v) is 2.79. The van der Waals surface area contributed by atoms with Crippen molar-refractivity contribution in [3.05, 3.63) is 65.2 Å². The first-order chi connectivity index (χ1) is 9.31. The zero-order valence-electron chi connectivity index (χ0n) is 10.5. The molecule has 0 aromatic heterocycles. The van der Waals surface area contributed by atoms with Crippen molar-refractivity contribution in [2.75, 3.05) is 6.61 Å². The standard InChI is InChI=1S/C16H15NO2/c17-11-14-2-1-3-15(10-14)12-19-16-6-4-13(5-7-16)8-9-18/h1-7,10,18H,8-9,12H2. The van der Waals surface area contributed by atoms with Crippen LogP contribution in [0.3, 0.4) is 0 Å². The molecule has 3 heteroatoms. The number of hydrogen-bond donors (Lipinski definition) is 1. The van der Waals surface area contributed by atoms with Crippen molar-refractivity contribution in [1.29, 1.82) is 5.26 Å². The first-order valence-corrected chi connectivity index (χ1v) is 6.13. The number of nitriles is 1. The Labute approximate surface area is 112 Å². The molecule has 0 saturated carbocycles. The van der Waals surface area contributed by atoms with Gasteiger partial charge in [-0.05, 0) is 41.8 Å². The summed E-state index contributed by atoms with van der Waals surface area (Å²) in [6.45, 7) is 0.593. The third-order valence-electron chi connectivity index (χ3n) is 2.79. The molecule has 0 heterocycles. The predicted molar refractivity (Wildman–Crippen MR) is 72.7 cm³/mol. The molecule has 0 atom stereocenters. The molecule has 19 heavy (non-hydrogen) atoms. The lowest BCUT2D eigenvalue weighted by atomic mass is 10.1. The molecule has 0 radical (unpaired) electrons. The summed E-state index contributed by atoms with van der Waals surface area (Å²) in [7, 11) is 0.